The zero-order valence-corrected chi connectivity index (χ0v) is 41.8. The quantitative estimate of drug-likeness (QED) is 0.0199. The predicted octanol–water partition coefficient (Wildman–Crippen LogP) is 17.6. The van der Waals surface area contributed by atoms with Crippen LogP contribution in [0.1, 0.15) is 245 Å². The van der Waals surface area contributed by atoms with Gasteiger partial charge in [0.1, 0.15) is 13.2 Å². The van der Waals surface area contributed by atoms with Gasteiger partial charge in [0.05, 0.1) is 0 Å². The van der Waals surface area contributed by atoms with Gasteiger partial charge in [-0.1, -0.05) is 228 Å². The lowest BCUT2D eigenvalue weighted by Crippen LogP contribution is -2.30. The number of esters is 3. The van der Waals surface area contributed by atoms with Gasteiger partial charge in [0.25, 0.3) is 0 Å². The maximum Gasteiger partial charge on any atom is 0.306 e. The highest BCUT2D eigenvalue weighted by Crippen LogP contribution is 2.15. The molecule has 6 heteroatoms. The van der Waals surface area contributed by atoms with Crippen LogP contribution in [0.2, 0.25) is 0 Å². The van der Waals surface area contributed by atoms with Crippen molar-refractivity contribution in [1.82, 2.24) is 0 Å². The van der Waals surface area contributed by atoms with Crippen molar-refractivity contribution in [2.75, 3.05) is 13.2 Å². The summed E-state index contributed by atoms with van der Waals surface area (Å²) in [5.74, 6) is -0.933. The van der Waals surface area contributed by atoms with Crippen molar-refractivity contribution >= 4 is 17.9 Å². The molecule has 0 heterocycles. The molecule has 6 nitrogen and oxygen atoms in total. The van der Waals surface area contributed by atoms with Crippen LogP contribution in [0.3, 0.4) is 0 Å². The van der Waals surface area contributed by atoms with Gasteiger partial charge in [-0.25, -0.2) is 0 Å². The van der Waals surface area contributed by atoms with Crippen LogP contribution >= 0.6 is 0 Å². The van der Waals surface area contributed by atoms with E-state index >= 15 is 0 Å². The molecule has 0 aromatic heterocycles. The largest absolute Gasteiger partial charge is 0.462 e. The molecule has 64 heavy (non-hydrogen) atoms. The van der Waals surface area contributed by atoms with Crippen LogP contribution in [0.4, 0.5) is 0 Å². The number of unbranched alkanes of at least 4 members (excludes halogenated alkanes) is 26. The molecule has 0 N–H and O–H groups in total. The summed E-state index contributed by atoms with van der Waals surface area (Å²) in [6.07, 6.45) is 67.1. The Morgan fingerprint density at radius 3 is 0.984 bits per heavy atom. The van der Waals surface area contributed by atoms with Crippen molar-refractivity contribution in [3.05, 3.63) is 85.1 Å². The Labute approximate surface area is 395 Å². The summed E-state index contributed by atoms with van der Waals surface area (Å²) < 4.78 is 16.8. The number of carbonyl (C=O) groups is 3. The summed E-state index contributed by atoms with van der Waals surface area (Å²) in [6, 6.07) is 0. The lowest BCUT2D eigenvalue weighted by atomic mass is 10.1. The Hall–Kier alpha value is -3.41. The summed E-state index contributed by atoms with van der Waals surface area (Å²) in [6.45, 7) is 6.35. The molecule has 0 aliphatic carbocycles. The van der Waals surface area contributed by atoms with Crippen LogP contribution < -0.4 is 0 Å². The molecular weight excluding hydrogens is 793 g/mol. The third kappa shape index (κ3) is 49.6. The average molecular weight is 891 g/mol. The highest BCUT2D eigenvalue weighted by molar-refractivity contribution is 5.71. The van der Waals surface area contributed by atoms with Crippen molar-refractivity contribution < 1.29 is 28.6 Å². The van der Waals surface area contributed by atoms with E-state index in [4.69, 9.17) is 14.2 Å². The first-order valence-corrected chi connectivity index (χ1v) is 26.7. The van der Waals surface area contributed by atoms with Crippen LogP contribution in [-0.4, -0.2) is 37.2 Å². The van der Waals surface area contributed by atoms with E-state index in [1.54, 1.807) is 0 Å². The molecule has 1 atom stereocenters. The minimum absolute atomic E-state index is 0.0930. The first-order valence-electron chi connectivity index (χ1n) is 26.7. The van der Waals surface area contributed by atoms with Gasteiger partial charge < -0.3 is 14.2 Å². The van der Waals surface area contributed by atoms with Crippen LogP contribution in [0.15, 0.2) is 85.1 Å². The first-order chi connectivity index (χ1) is 31.5. The van der Waals surface area contributed by atoms with E-state index in [0.29, 0.717) is 19.3 Å². The Morgan fingerprint density at radius 2 is 0.625 bits per heavy atom. The van der Waals surface area contributed by atoms with E-state index in [9.17, 15) is 14.4 Å². The maximum atomic E-state index is 12.8. The second-order valence-electron chi connectivity index (χ2n) is 17.5. The molecule has 0 radical (unpaired) electrons. The van der Waals surface area contributed by atoms with Crippen LogP contribution in [0.25, 0.3) is 0 Å². The summed E-state index contributed by atoms with van der Waals surface area (Å²) in [7, 11) is 0. The minimum Gasteiger partial charge on any atom is -0.462 e. The summed E-state index contributed by atoms with van der Waals surface area (Å²) in [5, 5.41) is 0. The van der Waals surface area contributed by atoms with Gasteiger partial charge in [0, 0.05) is 19.3 Å². The molecule has 0 spiro atoms. The molecule has 0 aliphatic heterocycles. The van der Waals surface area contributed by atoms with Gasteiger partial charge >= 0.3 is 17.9 Å². The molecule has 366 valence electrons. The lowest BCUT2D eigenvalue weighted by Gasteiger charge is -2.18. The second-order valence-corrected chi connectivity index (χ2v) is 17.5. The number of allylic oxidation sites excluding steroid dienone is 14. The third-order valence-corrected chi connectivity index (χ3v) is 11.2. The van der Waals surface area contributed by atoms with Gasteiger partial charge in [0.2, 0.25) is 0 Å². The standard InChI is InChI=1S/C58H98O6/c1-4-7-10-13-16-19-22-25-27-28-29-31-33-36-39-42-45-48-51-57(60)63-54-55(53-62-56(59)50-47-44-41-38-35-32-24-21-18-15-12-9-6-3)64-58(61)52-49-46-43-40-37-34-30-26-23-20-17-14-11-8-5-2/h8-9,11-12,14-15,17-18,20-21,23-24,29,31,55H,4-7,10,13,16,19,22,25-28,30,32-54H2,1-3H3/b11-8+,12-9+,17-14+,18-15+,23-20+,24-21+,31-29+. The SMILES string of the molecule is CC/C=C/C=C/C=C/CCCCCCCCCC(=O)OC(COC(=O)CCCCCCC/C=C/C=C/C=C/CC)COC(=O)CCCCCCC/C=C/CCCCCCCCCCC. The second kappa shape index (κ2) is 52.2. The fourth-order valence-electron chi connectivity index (χ4n) is 7.26. The molecule has 0 aromatic rings. The Balaban J connectivity index is 4.42. The molecule has 1 unspecified atom stereocenters. The third-order valence-electron chi connectivity index (χ3n) is 11.2. The Morgan fingerprint density at radius 1 is 0.328 bits per heavy atom. The first kappa shape index (κ1) is 60.6. The molecule has 0 saturated heterocycles. The summed E-state index contributed by atoms with van der Waals surface area (Å²) >= 11 is 0. The van der Waals surface area contributed by atoms with Crippen molar-refractivity contribution in [3.63, 3.8) is 0 Å². The van der Waals surface area contributed by atoms with E-state index < -0.39 is 6.10 Å². The van der Waals surface area contributed by atoms with E-state index in [-0.39, 0.29) is 31.1 Å². The van der Waals surface area contributed by atoms with Crippen molar-refractivity contribution in [2.24, 2.45) is 0 Å². The number of ether oxygens (including phenoxy) is 3. The maximum absolute atomic E-state index is 12.8. The van der Waals surface area contributed by atoms with Gasteiger partial charge in [-0.2, -0.15) is 0 Å². The van der Waals surface area contributed by atoms with Gasteiger partial charge in [-0.15, -0.1) is 0 Å². The van der Waals surface area contributed by atoms with E-state index in [0.717, 1.165) is 103 Å². The van der Waals surface area contributed by atoms with E-state index in [1.165, 1.54) is 103 Å². The van der Waals surface area contributed by atoms with Crippen molar-refractivity contribution in [2.45, 2.75) is 252 Å². The van der Waals surface area contributed by atoms with Crippen molar-refractivity contribution in [1.29, 1.82) is 0 Å². The normalized spacial score (nSPS) is 12.7. The Bertz CT molecular complexity index is 1250. The summed E-state index contributed by atoms with van der Waals surface area (Å²) in [4.78, 5) is 38.0. The topological polar surface area (TPSA) is 78.9 Å². The highest BCUT2D eigenvalue weighted by atomic mass is 16.6. The van der Waals surface area contributed by atoms with Crippen LogP contribution in [0.5, 0.6) is 0 Å². The average Bonchev–Trinajstić information content (AvgIpc) is 3.29. The molecule has 0 fully saturated rings. The van der Waals surface area contributed by atoms with E-state index in [1.807, 2.05) is 0 Å². The molecule has 0 saturated carbocycles. The number of rotatable bonds is 47. The monoisotopic (exact) mass is 891 g/mol. The predicted molar refractivity (Wildman–Crippen MR) is 274 cm³/mol. The zero-order chi connectivity index (χ0) is 46.5. The number of hydrogen-bond acceptors (Lipinski definition) is 6. The molecule has 0 aliphatic rings. The van der Waals surface area contributed by atoms with Gasteiger partial charge in [0.15, 0.2) is 6.10 Å². The lowest BCUT2D eigenvalue weighted by molar-refractivity contribution is -0.167. The van der Waals surface area contributed by atoms with Crippen LogP contribution in [-0.2, 0) is 28.6 Å². The molecule has 0 bridgehead atoms. The molecule has 0 rings (SSSR count). The molecular formula is C58H98O6. The van der Waals surface area contributed by atoms with Crippen LogP contribution in [0, 0.1) is 0 Å². The fourth-order valence-corrected chi connectivity index (χ4v) is 7.26. The summed E-state index contributed by atoms with van der Waals surface area (Å²) in [5.41, 5.74) is 0. The fraction of sp³-hybridized carbons (Fsp3) is 0.707. The minimum atomic E-state index is -0.795. The number of carbonyl (C=O) groups excluding carboxylic acids is 3. The van der Waals surface area contributed by atoms with E-state index in [2.05, 4.69) is 106 Å². The Kier molecular flexibility index (Phi) is 49.4. The zero-order valence-electron chi connectivity index (χ0n) is 41.8. The van der Waals surface area contributed by atoms with Crippen molar-refractivity contribution in [3.8, 4) is 0 Å². The smallest absolute Gasteiger partial charge is 0.306 e. The van der Waals surface area contributed by atoms with Gasteiger partial charge in [-0.3, -0.25) is 14.4 Å². The number of hydrogen-bond donors (Lipinski definition) is 0. The highest BCUT2D eigenvalue weighted by Gasteiger charge is 2.19. The molecule has 0 amide bonds. The van der Waals surface area contributed by atoms with Gasteiger partial charge in [-0.05, 0) is 83.5 Å². The molecule has 0 aromatic carbocycles.